The molecule has 0 aromatic heterocycles. The summed E-state index contributed by atoms with van der Waals surface area (Å²) in [5.41, 5.74) is -1.11. The molecule has 1 aliphatic heterocycles. The Kier molecular flexibility index (Phi) is 4.79. The first-order valence-electron chi connectivity index (χ1n) is 9.81. The highest BCUT2D eigenvalue weighted by Gasteiger charge is 2.57. The molecule has 0 aromatic carbocycles. The van der Waals surface area contributed by atoms with Crippen molar-refractivity contribution in [1.82, 2.24) is 9.80 Å². The molecule has 0 aromatic rings. The van der Waals surface area contributed by atoms with Crippen molar-refractivity contribution in [3.63, 3.8) is 0 Å². The first-order chi connectivity index (χ1) is 11.9. The lowest BCUT2D eigenvalue weighted by Crippen LogP contribution is -2.63. The quantitative estimate of drug-likeness (QED) is 0.754. The molecular formula is C20H34N2O4. The maximum absolute atomic E-state index is 12.9. The lowest BCUT2D eigenvalue weighted by Gasteiger charge is -2.52. The van der Waals surface area contributed by atoms with Gasteiger partial charge in [-0.1, -0.05) is 0 Å². The van der Waals surface area contributed by atoms with Crippen LogP contribution < -0.4 is 0 Å². The van der Waals surface area contributed by atoms with Gasteiger partial charge in [0.2, 0.25) is 5.91 Å². The molecule has 6 nitrogen and oxygen atoms in total. The van der Waals surface area contributed by atoms with E-state index in [1.165, 1.54) is 24.2 Å². The summed E-state index contributed by atoms with van der Waals surface area (Å²) < 4.78 is 11.9. The Balaban J connectivity index is 1.66. The van der Waals surface area contributed by atoms with Crippen molar-refractivity contribution in [1.29, 1.82) is 0 Å². The number of hydrogen-bond acceptors (Lipinski definition) is 4. The van der Waals surface area contributed by atoms with Gasteiger partial charge in [0.05, 0.1) is 17.7 Å². The van der Waals surface area contributed by atoms with Crippen molar-refractivity contribution in [2.45, 2.75) is 77.1 Å². The molecule has 3 rings (SSSR count). The van der Waals surface area contributed by atoms with Crippen molar-refractivity contribution in [2.24, 2.45) is 11.8 Å². The van der Waals surface area contributed by atoms with Crippen LogP contribution >= 0.6 is 0 Å². The van der Waals surface area contributed by atoms with E-state index in [0.717, 1.165) is 12.3 Å². The number of morpholine rings is 1. The Bertz CT molecular complexity index is 583. The maximum atomic E-state index is 12.9. The molecule has 26 heavy (non-hydrogen) atoms. The minimum absolute atomic E-state index is 0.0307. The second kappa shape index (κ2) is 6.39. The van der Waals surface area contributed by atoms with Gasteiger partial charge >= 0.3 is 6.09 Å². The molecule has 0 unspecified atom stereocenters. The second-order valence-corrected chi connectivity index (χ2v) is 10.1. The number of ether oxygens (including phenoxy) is 2. The molecular weight excluding hydrogens is 332 g/mol. The SMILES string of the molecule is CN(CC(=O)N1CC(C)(C)O[C@@]2(C[C@@H]3CC[C@H]2C3)C1)C(=O)OC(C)(C)C. The fraction of sp³-hybridized carbons (Fsp3) is 0.900. The van der Waals surface area contributed by atoms with E-state index < -0.39 is 11.7 Å². The Labute approximate surface area is 157 Å². The summed E-state index contributed by atoms with van der Waals surface area (Å²) in [4.78, 5) is 28.4. The Morgan fingerprint density at radius 2 is 1.92 bits per heavy atom. The molecule has 2 bridgehead atoms. The number of hydrogen-bond donors (Lipinski definition) is 0. The van der Waals surface area contributed by atoms with Crippen LogP contribution in [0.2, 0.25) is 0 Å². The van der Waals surface area contributed by atoms with Crippen LogP contribution in [0.4, 0.5) is 4.79 Å². The average molecular weight is 367 g/mol. The van der Waals surface area contributed by atoms with Crippen LogP contribution in [0.25, 0.3) is 0 Å². The smallest absolute Gasteiger partial charge is 0.410 e. The first kappa shape index (κ1) is 19.5. The molecule has 1 heterocycles. The summed E-state index contributed by atoms with van der Waals surface area (Å²) >= 11 is 0. The van der Waals surface area contributed by atoms with Gasteiger partial charge in [0.25, 0.3) is 0 Å². The molecule has 3 aliphatic rings. The molecule has 2 amide bonds. The summed E-state index contributed by atoms with van der Waals surface area (Å²) in [6.45, 7) is 10.9. The van der Waals surface area contributed by atoms with Crippen molar-refractivity contribution in [2.75, 3.05) is 26.7 Å². The number of fused-ring (bicyclic) bond motifs is 3. The standard InChI is InChI=1S/C20H34N2O4/c1-18(2,3)25-17(24)21(6)11-16(23)22-12-19(4,5)26-20(13-22)10-14-7-8-15(20)9-14/h14-15H,7-13H2,1-6H3/t14-,15+,20+/m1/s1. The molecule has 2 saturated carbocycles. The van der Waals surface area contributed by atoms with Crippen LogP contribution in [0.3, 0.4) is 0 Å². The monoisotopic (exact) mass is 366 g/mol. The summed E-state index contributed by atoms with van der Waals surface area (Å²) in [6.07, 6.45) is 4.34. The third-order valence-corrected chi connectivity index (χ3v) is 5.86. The molecule has 3 atom stereocenters. The Morgan fingerprint density at radius 1 is 1.23 bits per heavy atom. The van der Waals surface area contributed by atoms with Crippen molar-refractivity contribution < 1.29 is 19.1 Å². The number of nitrogens with zero attached hydrogens (tertiary/aromatic N) is 2. The van der Waals surface area contributed by atoms with Crippen LogP contribution in [-0.2, 0) is 14.3 Å². The van der Waals surface area contributed by atoms with Crippen LogP contribution in [0.15, 0.2) is 0 Å². The van der Waals surface area contributed by atoms with E-state index in [1.807, 2.05) is 25.7 Å². The number of amides is 2. The van der Waals surface area contributed by atoms with Crippen molar-refractivity contribution in [3.8, 4) is 0 Å². The third-order valence-electron chi connectivity index (χ3n) is 5.86. The van der Waals surface area contributed by atoms with Gasteiger partial charge in [0.15, 0.2) is 0 Å². The Morgan fingerprint density at radius 3 is 2.46 bits per heavy atom. The normalized spacial score (nSPS) is 32.8. The van der Waals surface area contributed by atoms with Gasteiger partial charge in [-0.05, 0) is 72.1 Å². The lowest BCUT2D eigenvalue weighted by molar-refractivity contribution is -0.217. The third kappa shape index (κ3) is 4.00. The van der Waals surface area contributed by atoms with Crippen LogP contribution in [0.1, 0.15) is 60.3 Å². The lowest BCUT2D eigenvalue weighted by atomic mass is 9.81. The highest BCUT2D eigenvalue weighted by atomic mass is 16.6. The van der Waals surface area contributed by atoms with E-state index in [0.29, 0.717) is 19.0 Å². The predicted molar refractivity (Wildman–Crippen MR) is 98.8 cm³/mol. The zero-order valence-electron chi connectivity index (χ0n) is 17.1. The van der Waals surface area contributed by atoms with Gasteiger partial charge in [-0.2, -0.15) is 0 Å². The second-order valence-electron chi connectivity index (χ2n) is 10.1. The molecule has 3 fully saturated rings. The van der Waals surface area contributed by atoms with E-state index in [1.54, 1.807) is 7.05 Å². The van der Waals surface area contributed by atoms with E-state index >= 15 is 0 Å². The van der Waals surface area contributed by atoms with Crippen molar-refractivity contribution >= 4 is 12.0 Å². The molecule has 148 valence electrons. The number of carbonyl (C=O) groups is 2. The summed E-state index contributed by atoms with van der Waals surface area (Å²) in [7, 11) is 1.62. The largest absolute Gasteiger partial charge is 0.444 e. The fourth-order valence-corrected chi connectivity index (χ4v) is 5.05. The highest BCUT2D eigenvalue weighted by Crippen LogP contribution is 2.55. The zero-order chi connectivity index (χ0) is 19.3. The fourth-order valence-electron chi connectivity index (χ4n) is 5.05. The summed E-state index contributed by atoms with van der Waals surface area (Å²) in [5.74, 6) is 1.28. The van der Waals surface area contributed by atoms with E-state index in [-0.39, 0.29) is 23.7 Å². The van der Waals surface area contributed by atoms with Crippen LogP contribution in [0.5, 0.6) is 0 Å². The summed E-state index contributed by atoms with van der Waals surface area (Å²) in [6, 6.07) is 0. The van der Waals surface area contributed by atoms with Gasteiger partial charge in [0.1, 0.15) is 12.1 Å². The number of rotatable bonds is 2. The maximum Gasteiger partial charge on any atom is 0.410 e. The number of likely N-dealkylation sites (N-methyl/N-ethyl adjacent to an activating group) is 1. The molecule has 0 radical (unpaired) electrons. The van der Waals surface area contributed by atoms with Gasteiger partial charge in [-0.25, -0.2) is 4.79 Å². The topological polar surface area (TPSA) is 59.1 Å². The van der Waals surface area contributed by atoms with E-state index in [4.69, 9.17) is 9.47 Å². The van der Waals surface area contributed by atoms with Gasteiger partial charge in [-0.3, -0.25) is 4.79 Å². The van der Waals surface area contributed by atoms with E-state index in [9.17, 15) is 9.59 Å². The molecule has 6 heteroatoms. The van der Waals surface area contributed by atoms with E-state index in [2.05, 4.69) is 13.8 Å². The van der Waals surface area contributed by atoms with Crippen LogP contribution in [-0.4, -0.2) is 65.3 Å². The molecule has 1 spiro atoms. The molecule has 0 N–H and O–H groups in total. The van der Waals surface area contributed by atoms with Gasteiger partial charge in [-0.15, -0.1) is 0 Å². The minimum Gasteiger partial charge on any atom is -0.444 e. The van der Waals surface area contributed by atoms with Gasteiger partial charge < -0.3 is 19.3 Å². The van der Waals surface area contributed by atoms with Crippen molar-refractivity contribution in [3.05, 3.63) is 0 Å². The summed E-state index contributed by atoms with van der Waals surface area (Å²) in [5, 5.41) is 0. The molecule has 1 saturated heterocycles. The Hall–Kier alpha value is -1.30. The minimum atomic E-state index is -0.567. The average Bonchev–Trinajstić information content (AvgIpc) is 3.03. The molecule has 2 aliphatic carbocycles. The van der Waals surface area contributed by atoms with Gasteiger partial charge in [0, 0.05) is 13.6 Å². The highest BCUT2D eigenvalue weighted by molar-refractivity contribution is 5.82. The zero-order valence-corrected chi connectivity index (χ0v) is 17.1. The van der Waals surface area contributed by atoms with Crippen LogP contribution in [0, 0.1) is 11.8 Å². The first-order valence-corrected chi connectivity index (χ1v) is 9.81. The number of carbonyl (C=O) groups excluding carboxylic acids is 2. The predicted octanol–water partition coefficient (Wildman–Crippen LogP) is 3.05.